The lowest BCUT2D eigenvalue weighted by Crippen LogP contribution is -1.98. The van der Waals surface area contributed by atoms with Crippen molar-refractivity contribution in [1.29, 1.82) is 0 Å². The van der Waals surface area contributed by atoms with Gasteiger partial charge in [0.25, 0.3) is 0 Å². The zero-order chi connectivity index (χ0) is 13.1. The molecule has 0 amide bonds. The van der Waals surface area contributed by atoms with Crippen LogP contribution in [-0.2, 0) is 6.42 Å². The number of carboxylic acids is 1. The summed E-state index contributed by atoms with van der Waals surface area (Å²) in [4.78, 5) is 14.7. The predicted octanol–water partition coefficient (Wildman–Crippen LogP) is 3.91. The number of aryl methyl sites for hydroxylation is 1. The fraction of sp³-hybridized carbons (Fsp3) is 0.167. The molecule has 0 radical (unpaired) electrons. The number of nitrogens with one attached hydrogen (secondary N) is 1. The Bertz CT molecular complexity index is 583. The number of halogens is 1. The highest BCUT2D eigenvalue weighted by molar-refractivity contribution is 9.10. The van der Waals surface area contributed by atoms with Crippen molar-refractivity contribution in [1.82, 2.24) is 4.98 Å². The molecule has 18 heavy (non-hydrogen) atoms. The van der Waals surface area contributed by atoms with E-state index in [1.54, 1.807) is 0 Å². The second kappa shape index (κ2) is 5.49. The van der Waals surface area contributed by atoms with Gasteiger partial charge in [-0.2, -0.15) is 0 Å². The normalized spacial score (nSPS) is 10.3. The van der Waals surface area contributed by atoms with E-state index in [0.717, 1.165) is 22.1 Å². The summed E-state index contributed by atoms with van der Waals surface area (Å²) < 4.78 is 1.02. The number of carboxylic acid groups (broad SMARTS) is 1. The summed E-state index contributed by atoms with van der Waals surface area (Å²) in [6.45, 7) is 2.07. The summed E-state index contributed by atoms with van der Waals surface area (Å²) in [5.74, 6) is -1.01. The molecule has 0 spiro atoms. The minimum absolute atomic E-state index is 0.0673. The van der Waals surface area contributed by atoms with Crippen molar-refractivity contribution in [2.45, 2.75) is 13.3 Å². The largest absolute Gasteiger partial charge is 0.476 e. The van der Waals surface area contributed by atoms with Crippen molar-refractivity contribution in [3.8, 4) is 0 Å². The molecule has 6 heteroatoms. The van der Waals surface area contributed by atoms with Crippen LogP contribution in [0.2, 0.25) is 0 Å². The minimum Gasteiger partial charge on any atom is -0.476 e. The molecule has 0 aliphatic rings. The SMILES string of the molecule is CCc1cc(Br)ccc1Nc1nc(C(=O)O)cs1. The Hall–Kier alpha value is -1.40. The lowest BCUT2D eigenvalue weighted by molar-refractivity contribution is 0.0691. The lowest BCUT2D eigenvalue weighted by Gasteiger charge is -2.08. The van der Waals surface area contributed by atoms with E-state index in [0.29, 0.717) is 5.13 Å². The van der Waals surface area contributed by atoms with Crippen molar-refractivity contribution in [2.75, 3.05) is 5.32 Å². The van der Waals surface area contributed by atoms with E-state index >= 15 is 0 Å². The van der Waals surface area contributed by atoms with Crippen LogP contribution in [0.1, 0.15) is 23.0 Å². The van der Waals surface area contributed by atoms with Crippen LogP contribution in [0.4, 0.5) is 10.8 Å². The van der Waals surface area contributed by atoms with E-state index in [-0.39, 0.29) is 5.69 Å². The van der Waals surface area contributed by atoms with E-state index < -0.39 is 5.97 Å². The average Bonchev–Trinajstić information content (AvgIpc) is 2.80. The summed E-state index contributed by atoms with van der Waals surface area (Å²) in [5.41, 5.74) is 2.17. The van der Waals surface area contributed by atoms with Crippen molar-refractivity contribution < 1.29 is 9.90 Å². The van der Waals surface area contributed by atoms with Gasteiger partial charge >= 0.3 is 5.97 Å². The number of rotatable bonds is 4. The molecule has 0 saturated carbocycles. The second-order valence-electron chi connectivity index (χ2n) is 3.62. The van der Waals surface area contributed by atoms with E-state index in [1.807, 2.05) is 18.2 Å². The smallest absolute Gasteiger partial charge is 0.355 e. The highest BCUT2D eigenvalue weighted by Crippen LogP contribution is 2.26. The summed E-state index contributed by atoms with van der Waals surface area (Å²) in [7, 11) is 0. The topological polar surface area (TPSA) is 62.2 Å². The van der Waals surface area contributed by atoms with Gasteiger partial charge in [-0.25, -0.2) is 9.78 Å². The van der Waals surface area contributed by atoms with Crippen LogP contribution in [0, 0.1) is 0 Å². The molecule has 0 aliphatic heterocycles. The monoisotopic (exact) mass is 326 g/mol. The van der Waals surface area contributed by atoms with Crippen molar-refractivity contribution in [3.05, 3.63) is 39.3 Å². The maximum absolute atomic E-state index is 10.7. The van der Waals surface area contributed by atoms with Gasteiger partial charge in [0.15, 0.2) is 10.8 Å². The lowest BCUT2D eigenvalue weighted by atomic mass is 10.1. The van der Waals surface area contributed by atoms with E-state index in [9.17, 15) is 4.79 Å². The molecule has 2 rings (SSSR count). The first-order valence-corrected chi connectivity index (χ1v) is 7.01. The molecule has 2 N–H and O–H groups in total. The first-order chi connectivity index (χ1) is 8.60. The minimum atomic E-state index is -1.01. The zero-order valence-corrected chi connectivity index (χ0v) is 12.0. The highest BCUT2D eigenvalue weighted by Gasteiger charge is 2.09. The molecule has 0 atom stereocenters. The molecule has 1 aromatic carbocycles. The van der Waals surface area contributed by atoms with E-state index in [4.69, 9.17) is 5.11 Å². The number of nitrogens with zero attached hydrogens (tertiary/aromatic N) is 1. The molecule has 2 aromatic rings. The standard InChI is InChI=1S/C12H11BrN2O2S/c1-2-7-5-8(13)3-4-9(7)14-12-15-10(6-18-12)11(16)17/h3-6H,2H2,1H3,(H,14,15)(H,16,17). The summed E-state index contributed by atoms with van der Waals surface area (Å²) in [5, 5.41) is 14.1. The third kappa shape index (κ3) is 2.88. The number of anilines is 2. The fourth-order valence-electron chi connectivity index (χ4n) is 1.52. The van der Waals surface area contributed by atoms with Crippen molar-refractivity contribution in [2.24, 2.45) is 0 Å². The molecule has 1 aromatic heterocycles. The molecule has 94 valence electrons. The van der Waals surface area contributed by atoms with Crippen molar-refractivity contribution >= 4 is 44.1 Å². The molecule has 0 aliphatic carbocycles. The Morgan fingerprint density at radius 1 is 1.56 bits per heavy atom. The van der Waals surface area contributed by atoms with Gasteiger partial charge in [0.2, 0.25) is 0 Å². The van der Waals surface area contributed by atoms with Crippen LogP contribution in [0.5, 0.6) is 0 Å². The van der Waals surface area contributed by atoms with Gasteiger partial charge in [-0.1, -0.05) is 22.9 Å². The number of aromatic nitrogens is 1. The Morgan fingerprint density at radius 3 is 2.94 bits per heavy atom. The molecule has 0 unspecified atom stereocenters. The summed E-state index contributed by atoms with van der Waals surface area (Å²) in [6, 6.07) is 5.92. The van der Waals surface area contributed by atoms with Gasteiger partial charge in [0, 0.05) is 15.5 Å². The maximum Gasteiger partial charge on any atom is 0.355 e. The van der Waals surface area contributed by atoms with Gasteiger partial charge in [0.05, 0.1) is 0 Å². The number of hydrogen-bond donors (Lipinski definition) is 2. The molecule has 0 fully saturated rings. The van der Waals surface area contributed by atoms with Gasteiger partial charge in [0.1, 0.15) is 0 Å². The number of carbonyl (C=O) groups is 1. The Balaban J connectivity index is 2.25. The first-order valence-electron chi connectivity index (χ1n) is 5.34. The summed E-state index contributed by atoms with van der Waals surface area (Å²) in [6.07, 6.45) is 0.888. The van der Waals surface area contributed by atoms with Crippen molar-refractivity contribution in [3.63, 3.8) is 0 Å². The highest BCUT2D eigenvalue weighted by atomic mass is 79.9. The Kier molecular flexibility index (Phi) is 3.98. The van der Waals surface area contributed by atoms with Crippen LogP contribution in [0.25, 0.3) is 0 Å². The van der Waals surface area contributed by atoms with Gasteiger partial charge in [-0.3, -0.25) is 0 Å². The van der Waals surface area contributed by atoms with Crippen LogP contribution in [-0.4, -0.2) is 16.1 Å². The Labute approximate surface area is 117 Å². The Morgan fingerprint density at radius 2 is 2.33 bits per heavy atom. The van der Waals surface area contributed by atoms with Crippen LogP contribution < -0.4 is 5.32 Å². The van der Waals surface area contributed by atoms with E-state index in [1.165, 1.54) is 16.7 Å². The number of aromatic carboxylic acids is 1. The van der Waals surface area contributed by atoms with Crippen LogP contribution in [0.15, 0.2) is 28.1 Å². The molecular formula is C12H11BrN2O2S. The number of benzene rings is 1. The predicted molar refractivity (Wildman–Crippen MR) is 75.9 cm³/mol. The third-order valence-corrected chi connectivity index (χ3v) is 3.66. The number of thiazole rings is 1. The van der Waals surface area contributed by atoms with E-state index in [2.05, 4.69) is 33.2 Å². The molecule has 0 bridgehead atoms. The average molecular weight is 327 g/mol. The zero-order valence-electron chi connectivity index (χ0n) is 9.61. The summed E-state index contributed by atoms with van der Waals surface area (Å²) >= 11 is 4.71. The van der Waals surface area contributed by atoms with Gasteiger partial charge in [-0.05, 0) is 30.2 Å². The van der Waals surface area contributed by atoms with Crippen LogP contribution in [0.3, 0.4) is 0 Å². The van der Waals surface area contributed by atoms with Gasteiger partial charge in [-0.15, -0.1) is 11.3 Å². The quantitative estimate of drug-likeness (QED) is 0.894. The maximum atomic E-state index is 10.7. The molecule has 4 nitrogen and oxygen atoms in total. The molecular weight excluding hydrogens is 316 g/mol. The molecule has 0 saturated heterocycles. The third-order valence-electron chi connectivity index (χ3n) is 2.41. The van der Waals surface area contributed by atoms with Gasteiger partial charge < -0.3 is 10.4 Å². The number of hydrogen-bond acceptors (Lipinski definition) is 4. The second-order valence-corrected chi connectivity index (χ2v) is 5.40. The van der Waals surface area contributed by atoms with Crippen LogP contribution >= 0.6 is 27.3 Å². The fourth-order valence-corrected chi connectivity index (χ4v) is 2.63. The first kappa shape index (κ1) is 13.0. The molecule has 1 heterocycles.